The second kappa shape index (κ2) is 6.73. The molecule has 2 aromatic rings. The fourth-order valence-corrected chi connectivity index (χ4v) is 6.83. The summed E-state index contributed by atoms with van der Waals surface area (Å²) in [6, 6.07) is 6.82. The van der Waals surface area contributed by atoms with Gasteiger partial charge in [-0.2, -0.15) is 0 Å². The molecule has 1 unspecified atom stereocenters. The van der Waals surface area contributed by atoms with Gasteiger partial charge in [0.2, 0.25) is 5.91 Å². The fourth-order valence-electron chi connectivity index (χ4n) is 2.51. The van der Waals surface area contributed by atoms with Crippen molar-refractivity contribution in [3.05, 3.63) is 29.1 Å². The Morgan fingerprint density at radius 2 is 2.12 bits per heavy atom. The van der Waals surface area contributed by atoms with Crippen molar-refractivity contribution in [2.75, 3.05) is 22.6 Å². The summed E-state index contributed by atoms with van der Waals surface area (Å²) in [5, 5.41) is 12.5. The number of hydrogen-bond acceptors (Lipinski definition) is 6. The number of sulfone groups is 1. The van der Waals surface area contributed by atoms with Crippen LogP contribution in [0.15, 0.2) is 24.3 Å². The number of carboxylic acid groups (broad SMARTS) is 1. The summed E-state index contributed by atoms with van der Waals surface area (Å²) in [7, 11) is -2.93. The van der Waals surface area contributed by atoms with Crippen molar-refractivity contribution in [3.63, 3.8) is 0 Å². The predicted molar refractivity (Wildman–Crippen MR) is 96.9 cm³/mol. The SMILES string of the molecule is O=C(CSC1CCS(=O)(=O)C1)Nc1ccc2sc(C(=O)O)cc2c1. The van der Waals surface area contributed by atoms with E-state index >= 15 is 0 Å². The van der Waals surface area contributed by atoms with Crippen LogP contribution < -0.4 is 5.32 Å². The maximum Gasteiger partial charge on any atom is 0.345 e. The standard InChI is InChI=1S/C15H15NO5S3/c17-14(7-22-11-3-4-24(20,21)8-11)16-10-1-2-12-9(5-10)6-13(23-12)15(18)19/h1-2,5-6,11H,3-4,7-8H2,(H,16,17)(H,18,19). The molecule has 1 atom stereocenters. The first-order chi connectivity index (χ1) is 11.3. The maximum atomic E-state index is 12.0. The predicted octanol–water partition coefficient (Wildman–Crippen LogP) is 2.46. The molecule has 1 aromatic carbocycles. The lowest BCUT2D eigenvalue weighted by molar-refractivity contribution is -0.113. The molecule has 1 fully saturated rings. The number of amides is 1. The van der Waals surface area contributed by atoms with Crippen LogP contribution in [0, 0.1) is 0 Å². The Hall–Kier alpha value is -1.58. The normalized spacial score (nSPS) is 19.4. The van der Waals surface area contributed by atoms with Gasteiger partial charge >= 0.3 is 5.97 Å². The highest BCUT2D eigenvalue weighted by Crippen LogP contribution is 2.28. The van der Waals surface area contributed by atoms with Gasteiger partial charge in [0.15, 0.2) is 9.84 Å². The molecule has 1 aliphatic rings. The number of aromatic carboxylic acids is 1. The first-order valence-electron chi connectivity index (χ1n) is 7.21. The van der Waals surface area contributed by atoms with E-state index in [9.17, 15) is 18.0 Å². The molecule has 1 amide bonds. The van der Waals surface area contributed by atoms with Gasteiger partial charge < -0.3 is 10.4 Å². The van der Waals surface area contributed by atoms with E-state index in [1.165, 1.54) is 23.1 Å². The van der Waals surface area contributed by atoms with E-state index in [-0.39, 0.29) is 33.3 Å². The Kier molecular flexibility index (Phi) is 4.84. The van der Waals surface area contributed by atoms with Crippen LogP contribution in [0.5, 0.6) is 0 Å². The molecule has 2 heterocycles. The molecule has 0 radical (unpaired) electrons. The zero-order valence-corrected chi connectivity index (χ0v) is 15.0. The summed E-state index contributed by atoms with van der Waals surface area (Å²) in [6.45, 7) is 0. The first kappa shape index (κ1) is 17.2. The number of thiophene rings is 1. The van der Waals surface area contributed by atoms with E-state index in [4.69, 9.17) is 5.11 Å². The van der Waals surface area contributed by atoms with Gasteiger partial charge in [-0.3, -0.25) is 4.79 Å². The third-order valence-corrected chi connectivity index (χ3v) is 8.04. The number of carboxylic acids is 1. The summed E-state index contributed by atoms with van der Waals surface area (Å²) >= 11 is 2.55. The van der Waals surface area contributed by atoms with E-state index in [2.05, 4.69) is 5.32 Å². The molecular weight excluding hydrogens is 370 g/mol. The van der Waals surface area contributed by atoms with Gasteiger partial charge in [-0.1, -0.05) is 0 Å². The molecule has 0 bridgehead atoms. The van der Waals surface area contributed by atoms with Gasteiger partial charge in [0.05, 0.1) is 17.3 Å². The third-order valence-electron chi connectivity index (χ3n) is 3.65. The van der Waals surface area contributed by atoms with E-state index in [0.717, 1.165) is 10.1 Å². The monoisotopic (exact) mass is 385 g/mol. The molecule has 3 rings (SSSR count). The smallest absolute Gasteiger partial charge is 0.345 e. The average molecular weight is 385 g/mol. The molecule has 0 spiro atoms. The molecular formula is C15H15NO5S3. The lowest BCUT2D eigenvalue weighted by atomic mass is 10.2. The number of carbonyl (C=O) groups excluding carboxylic acids is 1. The quantitative estimate of drug-likeness (QED) is 0.820. The van der Waals surface area contributed by atoms with Crippen molar-refractivity contribution in [2.45, 2.75) is 11.7 Å². The summed E-state index contributed by atoms with van der Waals surface area (Å²) in [5.74, 6) is -0.624. The van der Waals surface area contributed by atoms with Crippen LogP contribution in [-0.2, 0) is 14.6 Å². The molecule has 1 aromatic heterocycles. The van der Waals surface area contributed by atoms with Gasteiger partial charge in [-0.25, -0.2) is 13.2 Å². The number of rotatable bonds is 5. The van der Waals surface area contributed by atoms with Gasteiger partial charge in [0.1, 0.15) is 4.88 Å². The topological polar surface area (TPSA) is 101 Å². The number of hydrogen-bond donors (Lipinski definition) is 2. The number of thioether (sulfide) groups is 1. The molecule has 128 valence electrons. The van der Waals surface area contributed by atoms with Gasteiger partial charge in [-0.15, -0.1) is 23.1 Å². The van der Waals surface area contributed by atoms with Crippen molar-refractivity contribution < 1.29 is 23.1 Å². The molecule has 24 heavy (non-hydrogen) atoms. The summed E-state index contributed by atoms with van der Waals surface area (Å²) in [5.41, 5.74) is 0.599. The van der Waals surface area contributed by atoms with E-state index in [0.29, 0.717) is 12.1 Å². The maximum absolute atomic E-state index is 12.0. The van der Waals surface area contributed by atoms with Crippen molar-refractivity contribution in [1.29, 1.82) is 0 Å². The Morgan fingerprint density at radius 3 is 2.79 bits per heavy atom. The Bertz CT molecular complexity index is 903. The second-order valence-corrected chi connectivity index (χ2v) is 10.2. The van der Waals surface area contributed by atoms with Crippen LogP contribution in [0.2, 0.25) is 0 Å². The number of carbonyl (C=O) groups is 2. The van der Waals surface area contributed by atoms with Crippen molar-refractivity contribution >= 4 is 60.6 Å². The summed E-state index contributed by atoms with van der Waals surface area (Å²) in [6.07, 6.45) is 0.596. The molecule has 9 heteroatoms. The van der Waals surface area contributed by atoms with E-state index in [1.807, 2.05) is 0 Å². The highest BCUT2D eigenvalue weighted by atomic mass is 32.2. The zero-order chi connectivity index (χ0) is 17.3. The molecule has 1 saturated heterocycles. The summed E-state index contributed by atoms with van der Waals surface area (Å²) in [4.78, 5) is 23.2. The van der Waals surface area contributed by atoms with Crippen LogP contribution >= 0.6 is 23.1 Å². The second-order valence-electron chi connectivity index (χ2n) is 5.55. The van der Waals surface area contributed by atoms with Crippen molar-refractivity contribution in [1.82, 2.24) is 0 Å². The molecule has 0 aliphatic carbocycles. The highest BCUT2D eigenvalue weighted by Gasteiger charge is 2.28. The first-order valence-corrected chi connectivity index (χ1v) is 10.9. The fraction of sp³-hybridized carbons (Fsp3) is 0.333. The van der Waals surface area contributed by atoms with Crippen LogP contribution in [0.4, 0.5) is 5.69 Å². The van der Waals surface area contributed by atoms with Crippen LogP contribution in [0.25, 0.3) is 10.1 Å². The minimum atomic E-state index is -2.93. The Balaban J connectivity index is 1.60. The summed E-state index contributed by atoms with van der Waals surface area (Å²) < 4.78 is 23.6. The average Bonchev–Trinajstić information content (AvgIpc) is 3.07. The van der Waals surface area contributed by atoms with Crippen molar-refractivity contribution in [2.24, 2.45) is 0 Å². The Morgan fingerprint density at radius 1 is 1.33 bits per heavy atom. The Labute approximate surface area is 147 Å². The molecule has 1 aliphatic heterocycles. The molecule has 0 saturated carbocycles. The number of anilines is 1. The lowest BCUT2D eigenvalue weighted by Gasteiger charge is -2.08. The van der Waals surface area contributed by atoms with Crippen LogP contribution in [0.3, 0.4) is 0 Å². The van der Waals surface area contributed by atoms with E-state index in [1.54, 1.807) is 24.3 Å². The molecule has 6 nitrogen and oxygen atoms in total. The minimum absolute atomic E-state index is 0.0155. The van der Waals surface area contributed by atoms with Gasteiger partial charge in [0, 0.05) is 15.6 Å². The minimum Gasteiger partial charge on any atom is -0.477 e. The molecule has 2 N–H and O–H groups in total. The number of nitrogens with one attached hydrogen (secondary N) is 1. The van der Waals surface area contributed by atoms with Gasteiger partial charge in [-0.05, 0) is 36.1 Å². The van der Waals surface area contributed by atoms with Crippen LogP contribution in [0.1, 0.15) is 16.1 Å². The largest absolute Gasteiger partial charge is 0.477 e. The number of benzene rings is 1. The van der Waals surface area contributed by atoms with E-state index < -0.39 is 15.8 Å². The van der Waals surface area contributed by atoms with Crippen LogP contribution in [-0.4, -0.2) is 47.9 Å². The zero-order valence-electron chi connectivity index (χ0n) is 12.5. The third kappa shape index (κ3) is 4.08. The highest BCUT2D eigenvalue weighted by molar-refractivity contribution is 8.02. The van der Waals surface area contributed by atoms with Gasteiger partial charge in [0.25, 0.3) is 0 Å². The lowest BCUT2D eigenvalue weighted by Crippen LogP contribution is -2.17. The number of fused-ring (bicyclic) bond motifs is 1. The van der Waals surface area contributed by atoms with Crippen molar-refractivity contribution in [3.8, 4) is 0 Å².